The zero-order valence-corrected chi connectivity index (χ0v) is 15.3. The minimum atomic E-state index is -0.217. The lowest BCUT2D eigenvalue weighted by Gasteiger charge is -2.36. The summed E-state index contributed by atoms with van der Waals surface area (Å²) in [6.45, 7) is 11.1. The highest BCUT2D eigenvalue weighted by Crippen LogP contribution is 2.07. The molecule has 0 bridgehead atoms. The average molecular weight is 334 g/mol. The second-order valence-electron chi connectivity index (χ2n) is 7.25. The molecule has 1 aromatic heterocycles. The molecule has 1 atom stereocenters. The molecular formula is C18H30N4O2. The molecule has 0 spiro atoms. The molecule has 6 heteroatoms. The maximum atomic E-state index is 12.4. The first-order chi connectivity index (χ1) is 11.3. The minimum Gasteiger partial charge on any atom is -0.350 e. The van der Waals surface area contributed by atoms with E-state index >= 15 is 0 Å². The Kier molecular flexibility index (Phi) is 6.57. The molecule has 1 saturated heterocycles. The molecule has 1 aromatic rings. The van der Waals surface area contributed by atoms with Crippen LogP contribution in [0.5, 0.6) is 0 Å². The molecular weight excluding hydrogens is 304 g/mol. The van der Waals surface area contributed by atoms with E-state index in [9.17, 15) is 9.59 Å². The number of aromatic nitrogens is 1. The van der Waals surface area contributed by atoms with E-state index in [0.29, 0.717) is 24.1 Å². The summed E-state index contributed by atoms with van der Waals surface area (Å²) in [6.07, 6.45) is 0.758. The summed E-state index contributed by atoms with van der Waals surface area (Å²) in [7, 11) is 2.13. The summed E-state index contributed by atoms with van der Waals surface area (Å²) >= 11 is 0. The van der Waals surface area contributed by atoms with Gasteiger partial charge in [-0.1, -0.05) is 13.8 Å². The number of piperazine rings is 1. The second kappa shape index (κ2) is 8.44. The predicted molar refractivity (Wildman–Crippen MR) is 96.5 cm³/mol. The van der Waals surface area contributed by atoms with Gasteiger partial charge in [0.05, 0.1) is 0 Å². The van der Waals surface area contributed by atoms with Gasteiger partial charge in [-0.25, -0.2) is 0 Å². The molecule has 0 aromatic carbocycles. The van der Waals surface area contributed by atoms with E-state index < -0.39 is 0 Å². The fourth-order valence-corrected chi connectivity index (χ4v) is 3.02. The van der Waals surface area contributed by atoms with Crippen LogP contribution >= 0.6 is 0 Å². The molecule has 1 amide bonds. The molecule has 1 fully saturated rings. The SMILES string of the molecule is CC(C)Cc1cc(C(=O)NC[C@@H](C)N2CCN(C)CC2)cc(=O)[nH]1. The molecule has 1 aliphatic heterocycles. The number of hydrogen-bond donors (Lipinski definition) is 2. The third kappa shape index (κ3) is 5.46. The summed E-state index contributed by atoms with van der Waals surface area (Å²) in [6, 6.07) is 3.46. The zero-order chi connectivity index (χ0) is 17.7. The molecule has 2 heterocycles. The number of H-pyrrole nitrogens is 1. The summed E-state index contributed by atoms with van der Waals surface area (Å²) in [5.41, 5.74) is 1.04. The number of nitrogens with zero attached hydrogens (tertiary/aromatic N) is 2. The maximum absolute atomic E-state index is 12.4. The number of aromatic amines is 1. The lowest BCUT2D eigenvalue weighted by molar-refractivity contribution is 0.0903. The number of nitrogens with one attached hydrogen (secondary N) is 2. The van der Waals surface area contributed by atoms with E-state index in [2.05, 4.69) is 47.9 Å². The normalized spacial score (nSPS) is 17.9. The Labute approximate surface area is 144 Å². The Bertz CT molecular complexity index is 603. The Morgan fingerprint density at radius 3 is 2.50 bits per heavy atom. The maximum Gasteiger partial charge on any atom is 0.251 e. The molecule has 1 aliphatic rings. The van der Waals surface area contributed by atoms with E-state index in [1.54, 1.807) is 6.07 Å². The van der Waals surface area contributed by atoms with Crippen molar-refractivity contribution in [2.24, 2.45) is 5.92 Å². The van der Waals surface area contributed by atoms with Crippen molar-refractivity contribution < 1.29 is 4.79 Å². The number of rotatable bonds is 6. The zero-order valence-electron chi connectivity index (χ0n) is 15.3. The van der Waals surface area contributed by atoms with E-state index in [1.165, 1.54) is 6.07 Å². The Morgan fingerprint density at radius 2 is 1.88 bits per heavy atom. The lowest BCUT2D eigenvalue weighted by Crippen LogP contribution is -2.51. The highest BCUT2D eigenvalue weighted by molar-refractivity contribution is 5.94. The lowest BCUT2D eigenvalue weighted by atomic mass is 10.1. The van der Waals surface area contributed by atoms with Gasteiger partial charge in [-0.15, -0.1) is 0 Å². The number of amides is 1. The molecule has 2 N–H and O–H groups in total. The molecule has 0 radical (unpaired) electrons. The van der Waals surface area contributed by atoms with Gasteiger partial charge in [-0.05, 0) is 32.4 Å². The number of carbonyl (C=O) groups is 1. The standard InChI is InChI=1S/C18H30N4O2/c1-13(2)9-16-10-15(11-17(23)20-16)18(24)19-12-14(3)22-7-5-21(4)6-8-22/h10-11,13-14H,5-9,12H2,1-4H3,(H,19,24)(H,20,23)/t14-/m1/s1. The van der Waals surface area contributed by atoms with E-state index in [1.807, 2.05) is 0 Å². The molecule has 0 aliphatic carbocycles. The summed E-state index contributed by atoms with van der Waals surface area (Å²) in [4.78, 5) is 31.7. The monoisotopic (exact) mass is 334 g/mol. The number of carbonyl (C=O) groups excluding carboxylic acids is 1. The molecule has 134 valence electrons. The van der Waals surface area contributed by atoms with Gasteiger partial charge in [-0.3, -0.25) is 14.5 Å². The van der Waals surface area contributed by atoms with Crippen molar-refractivity contribution in [3.63, 3.8) is 0 Å². The fraction of sp³-hybridized carbons (Fsp3) is 0.667. The van der Waals surface area contributed by atoms with Crippen LogP contribution in [0.1, 0.15) is 36.8 Å². The van der Waals surface area contributed by atoms with Crippen molar-refractivity contribution in [3.8, 4) is 0 Å². The minimum absolute atomic E-state index is 0.174. The van der Waals surface area contributed by atoms with Gasteiger partial charge in [0.15, 0.2) is 0 Å². The molecule has 6 nitrogen and oxygen atoms in total. The van der Waals surface area contributed by atoms with Gasteiger partial charge in [-0.2, -0.15) is 0 Å². The number of likely N-dealkylation sites (N-methyl/N-ethyl adjacent to an activating group) is 1. The van der Waals surface area contributed by atoms with Crippen LogP contribution in [0, 0.1) is 5.92 Å². The summed E-state index contributed by atoms with van der Waals surface area (Å²) in [5.74, 6) is 0.253. The smallest absolute Gasteiger partial charge is 0.251 e. The van der Waals surface area contributed by atoms with Crippen LogP contribution in [0.3, 0.4) is 0 Å². The molecule has 24 heavy (non-hydrogen) atoms. The van der Waals surface area contributed by atoms with Crippen LogP contribution in [0.15, 0.2) is 16.9 Å². The summed E-state index contributed by atoms with van der Waals surface area (Å²) < 4.78 is 0. The van der Waals surface area contributed by atoms with Gasteiger partial charge in [0.2, 0.25) is 5.56 Å². The Morgan fingerprint density at radius 1 is 1.21 bits per heavy atom. The number of pyridine rings is 1. The van der Waals surface area contributed by atoms with Crippen LogP contribution in [0.25, 0.3) is 0 Å². The molecule has 0 unspecified atom stereocenters. The topological polar surface area (TPSA) is 68.4 Å². The first-order valence-electron chi connectivity index (χ1n) is 8.79. The molecule has 0 saturated carbocycles. The van der Waals surface area contributed by atoms with Crippen molar-refractivity contribution >= 4 is 5.91 Å². The van der Waals surface area contributed by atoms with Gasteiger partial charge in [0, 0.05) is 56.1 Å². The summed E-state index contributed by atoms with van der Waals surface area (Å²) in [5, 5.41) is 2.97. The third-order valence-electron chi connectivity index (χ3n) is 4.51. The highest BCUT2D eigenvalue weighted by atomic mass is 16.2. The van der Waals surface area contributed by atoms with Crippen molar-refractivity contribution in [2.75, 3.05) is 39.8 Å². The second-order valence-corrected chi connectivity index (χ2v) is 7.25. The van der Waals surface area contributed by atoms with Crippen LogP contribution in [-0.2, 0) is 6.42 Å². The van der Waals surface area contributed by atoms with Gasteiger partial charge in [0.1, 0.15) is 0 Å². The largest absolute Gasteiger partial charge is 0.350 e. The van der Waals surface area contributed by atoms with E-state index in [0.717, 1.165) is 38.3 Å². The van der Waals surface area contributed by atoms with Gasteiger partial charge >= 0.3 is 0 Å². The molecule has 2 rings (SSSR count). The van der Waals surface area contributed by atoms with Crippen molar-refractivity contribution in [3.05, 3.63) is 33.7 Å². The first kappa shape index (κ1) is 18.7. The van der Waals surface area contributed by atoms with Crippen molar-refractivity contribution in [1.82, 2.24) is 20.1 Å². The fourth-order valence-electron chi connectivity index (χ4n) is 3.02. The number of hydrogen-bond acceptors (Lipinski definition) is 4. The van der Waals surface area contributed by atoms with Gasteiger partial charge in [0.25, 0.3) is 5.91 Å². The van der Waals surface area contributed by atoms with Crippen molar-refractivity contribution in [1.29, 1.82) is 0 Å². The quantitative estimate of drug-likeness (QED) is 0.812. The van der Waals surface area contributed by atoms with Crippen molar-refractivity contribution in [2.45, 2.75) is 33.2 Å². The van der Waals surface area contributed by atoms with Crippen LogP contribution in [-0.4, -0.2) is 66.5 Å². The van der Waals surface area contributed by atoms with E-state index in [4.69, 9.17) is 0 Å². The third-order valence-corrected chi connectivity index (χ3v) is 4.51. The Balaban J connectivity index is 1.92. The Hall–Kier alpha value is -1.66. The van der Waals surface area contributed by atoms with Crippen LogP contribution in [0.2, 0.25) is 0 Å². The first-order valence-corrected chi connectivity index (χ1v) is 8.79. The van der Waals surface area contributed by atoms with Gasteiger partial charge < -0.3 is 15.2 Å². The average Bonchev–Trinajstić information content (AvgIpc) is 2.51. The highest BCUT2D eigenvalue weighted by Gasteiger charge is 2.19. The van der Waals surface area contributed by atoms with Crippen LogP contribution < -0.4 is 10.9 Å². The van der Waals surface area contributed by atoms with E-state index in [-0.39, 0.29) is 11.5 Å². The predicted octanol–water partition coefficient (Wildman–Crippen LogP) is 0.939. The van der Waals surface area contributed by atoms with Crippen LogP contribution in [0.4, 0.5) is 0 Å².